The third kappa shape index (κ3) is 5.29. The molecular formula is C20H20N2O2. The van der Waals surface area contributed by atoms with E-state index in [4.69, 9.17) is 10.00 Å². The van der Waals surface area contributed by atoms with Crippen LogP contribution in [0.4, 0.5) is 0 Å². The van der Waals surface area contributed by atoms with E-state index in [1.807, 2.05) is 44.2 Å². The van der Waals surface area contributed by atoms with Gasteiger partial charge in [0.1, 0.15) is 5.75 Å². The van der Waals surface area contributed by atoms with Gasteiger partial charge in [-0.05, 0) is 49.2 Å². The summed E-state index contributed by atoms with van der Waals surface area (Å²) in [5, 5.41) is 11.8. The highest BCUT2D eigenvalue weighted by atomic mass is 16.5. The van der Waals surface area contributed by atoms with Crippen LogP contribution < -0.4 is 10.1 Å². The number of carbonyl (C=O) groups is 1. The summed E-state index contributed by atoms with van der Waals surface area (Å²) in [7, 11) is 0. The lowest BCUT2D eigenvalue weighted by molar-refractivity contribution is -0.116. The third-order valence-electron chi connectivity index (χ3n) is 3.26. The van der Waals surface area contributed by atoms with Gasteiger partial charge in [0, 0.05) is 12.6 Å². The van der Waals surface area contributed by atoms with Crippen molar-refractivity contribution >= 4 is 12.0 Å². The lowest BCUT2D eigenvalue weighted by atomic mass is 10.1. The number of ether oxygens (including phenoxy) is 1. The highest BCUT2D eigenvalue weighted by molar-refractivity contribution is 5.92. The van der Waals surface area contributed by atoms with Crippen molar-refractivity contribution in [2.75, 3.05) is 0 Å². The number of hydrogen-bond acceptors (Lipinski definition) is 3. The summed E-state index contributed by atoms with van der Waals surface area (Å²) in [6.45, 7) is 4.39. The molecule has 0 saturated heterocycles. The van der Waals surface area contributed by atoms with Crippen LogP contribution in [-0.4, -0.2) is 12.0 Å². The van der Waals surface area contributed by atoms with Crippen molar-refractivity contribution in [2.45, 2.75) is 26.5 Å². The van der Waals surface area contributed by atoms with Gasteiger partial charge < -0.3 is 10.1 Å². The molecule has 1 amide bonds. The van der Waals surface area contributed by atoms with E-state index in [2.05, 4.69) is 11.4 Å². The Hall–Kier alpha value is -3.06. The molecule has 0 unspecified atom stereocenters. The standard InChI is InChI=1S/C20H20N2O2/c1-15(2)24-19-10-7-16(8-11-19)14-22-20(23)12-9-17-5-3-4-6-18(17)13-21/h3-12,15H,14H2,1-2H3,(H,22,23)/b12-9+. The van der Waals surface area contributed by atoms with Crippen molar-refractivity contribution in [3.05, 3.63) is 71.3 Å². The second-order valence-corrected chi connectivity index (χ2v) is 5.56. The van der Waals surface area contributed by atoms with E-state index in [1.165, 1.54) is 6.08 Å². The van der Waals surface area contributed by atoms with E-state index in [0.29, 0.717) is 12.1 Å². The van der Waals surface area contributed by atoms with Crippen LogP contribution >= 0.6 is 0 Å². The number of rotatable bonds is 6. The van der Waals surface area contributed by atoms with Crippen LogP contribution in [-0.2, 0) is 11.3 Å². The summed E-state index contributed by atoms with van der Waals surface area (Å²) in [6.07, 6.45) is 3.22. The zero-order valence-electron chi connectivity index (χ0n) is 13.8. The number of amides is 1. The smallest absolute Gasteiger partial charge is 0.244 e. The zero-order chi connectivity index (χ0) is 17.4. The van der Waals surface area contributed by atoms with E-state index in [1.54, 1.807) is 24.3 Å². The molecule has 4 heteroatoms. The van der Waals surface area contributed by atoms with Gasteiger partial charge in [0.15, 0.2) is 0 Å². The number of nitriles is 1. The quantitative estimate of drug-likeness (QED) is 0.826. The lowest BCUT2D eigenvalue weighted by Gasteiger charge is -2.10. The molecule has 0 saturated carbocycles. The van der Waals surface area contributed by atoms with Gasteiger partial charge in [-0.2, -0.15) is 5.26 Å². The van der Waals surface area contributed by atoms with E-state index < -0.39 is 0 Å². The molecule has 24 heavy (non-hydrogen) atoms. The summed E-state index contributed by atoms with van der Waals surface area (Å²) >= 11 is 0. The van der Waals surface area contributed by atoms with Gasteiger partial charge in [-0.1, -0.05) is 30.3 Å². The first kappa shape index (κ1) is 17.3. The average molecular weight is 320 g/mol. The third-order valence-corrected chi connectivity index (χ3v) is 3.26. The number of hydrogen-bond donors (Lipinski definition) is 1. The molecule has 0 atom stereocenters. The largest absolute Gasteiger partial charge is 0.491 e. The van der Waals surface area contributed by atoms with Gasteiger partial charge in [0.2, 0.25) is 5.91 Å². The minimum absolute atomic E-state index is 0.136. The minimum atomic E-state index is -0.203. The predicted octanol–water partition coefficient (Wildman–Crippen LogP) is 3.68. The molecule has 122 valence electrons. The molecule has 2 rings (SSSR count). The van der Waals surface area contributed by atoms with E-state index in [9.17, 15) is 4.79 Å². The zero-order valence-corrected chi connectivity index (χ0v) is 13.8. The van der Waals surface area contributed by atoms with Gasteiger partial charge in [-0.15, -0.1) is 0 Å². The fraction of sp³-hybridized carbons (Fsp3) is 0.200. The molecule has 2 aromatic rings. The Balaban J connectivity index is 1.89. The van der Waals surface area contributed by atoms with E-state index >= 15 is 0 Å². The first-order valence-corrected chi connectivity index (χ1v) is 7.79. The van der Waals surface area contributed by atoms with Crippen molar-refractivity contribution in [3.8, 4) is 11.8 Å². The molecule has 0 aliphatic rings. The molecule has 1 N–H and O–H groups in total. The van der Waals surface area contributed by atoms with Crippen LogP contribution in [0.15, 0.2) is 54.6 Å². The Morgan fingerprint density at radius 1 is 1.21 bits per heavy atom. The number of carbonyl (C=O) groups excluding carboxylic acids is 1. The van der Waals surface area contributed by atoms with Gasteiger partial charge in [0.05, 0.1) is 17.7 Å². The maximum Gasteiger partial charge on any atom is 0.244 e. The van der Waals surface area contributed by atoms with Crippen molar-refractivity contribution in [2.24, 2.45) is 0 Å². The maximum absolute atomic E-state index is 11.9. The van der Waals surface area contributed by atoms with Gasteiger partial charge >= 0.3 is 0 Å². The Bertz CT molecular complexity index is 756. The molecule has 0 aromatic heterocycles. The van der Waals surface area contributed by atoms with Crippen molar-refractivity contribution in [1.82, 2.24) is 5.32 Å². The summed E-state index contributed by atoms with van der Waals surface area (Å²) in [5.74, 6) is 0.610. The van der Waals surface area contributed by atoms with Crippen LogP contribution in [0.5, 0.6) is 5.75 Å². The molecule has 0 aliphatic heterocycles. The topological polar surface area (TPSA) is 62.1 Å². The molecule has 0 aliphatic carbocycles. The number of nitrogens with one attached hydrogen (secondary N) is 1. The van der Waals surface area contributed by atoms with Crippen LogP contribution in [0.2, 0.25) is 0 Å². The highest BCUT2D eigenvalue weighted by Gasteiger charge is 2.01. The summed E-state index contributed by atoms with van der Waals surface area (Å²) in [4.78, 5) is 11.9. The van der Waals surface area contributed by atoms with Crippen molar-refractivity contribution in [3.63, 3.8) is 0 Å². The summed E-state index contributed by atoms with van der Waals surface area (Å²) < 4.78 is 5.58. The molecule has 0 spiro atoms. The predicted molar refractivity (Wildman–Crippen MR) is 94.2 cm³/mol. The minimum Gasteiger partial charge on any atom is -0.491 e. The fourth-order valence-electron chi connectivity index (χ4n) is 2.12. The van der Waals surface area contributed by atoms with Crippen LogP contribution in [0.1, 0.15) is 30.5 Å². The Morgan fingerprint density at radius 2 is 1.92 bits per heavy atom. The van der Waals surface area contributed by atoms with Crippen LogP contribution in [0.25, 0.3) is 6.08 Å². The molecule has 2 aromatic carbocycles. The van der Waals surface area contributed by atoms with Crippen molar-refractivity contribution in [1.29, 1.82) is 5.26 Å². The van der Waals surface area contributed by atoms with Crippen LogP contribution in [0.3, 0.4) is 0 Å². The second kappa shape index (κ2) is 8.54. The maximum atomic E-state index is 11.9. The molecular weight excluding hydrogens is 300 g/mol. The summed E-state index contributed by atoms with van der Waals surface area (Å²) in [5.41, 5.74) is 2.26. The Kier molecular flexibility index (Phi) is 6.16. The highest BCUT2D eigenvalue weighted by Crippen LogP contribution is 2.14. The number of nitrogens with zero attached hydrogens (tertiary/aromatic N) is 1. The lowest BCUT2D eigenvalue weighted by Crippen LogP contribution is -2.20. The molecule has 0 bridgehead atoms. The fourth-order valence-corrected chi connectivity index (χ4v) is 2.12. The molecule has 0 heterocycles. The van der Waals surface area contributed by atoms with Crippen LogP contribution in [0, 0.1) is 11.3 Å². The van der Waals surface area contributed by atoms with E-state index in [-0.39, 0.29) is 12.0 Å². The van der Waals surface area contributed by atoms with Gasteiger partial charge in [-0.25, -0.2) is 0 Å². The van der Waals surface area contributed by atoms with Gasteiger partial charge in [-0.3, -0.25) is 4.79 Å². The molecule has 0 fully saturated rings. The Labute approximate surface area is 142 Å². The molecule has 0 radical (unpaired) electrons. The second-order valence-electron chi connectivity index (χ2n) is 5.56. The molecule has 4 nitrogen and oxygen atoms in total. The first-order valence-electron chi connectivity index (χ1n) is 7.79. The van der Waals surface area contributed by atoms with Gasteiger partial charge in [0.25, 0.3) is 0 Å². The van der Waals surface area contributed by atoms with Crippen molar-refractivity contribution < 1.29 is 9.53 Å². The Morgan fingerprint density at radius 3 is 2.58 bits per heavy atom. The van der Waals surface area contributed by atoms with E-state index in [0.717, 1.165) is 16.9 Å². The SMILES string of the molecule is CC(C)Oc1ccc(CNC(=O)/C=C/c2ccccc2C#N)cc1. The monoisotopic (exact) mass is 320 g/mol. The first-order chi connectivity index (χ1) is 11.6. The normalized spacial score (nSPS) is 10.6. The number of benzene rings is 2. The average Bonchev–Trinajstić information content (AvgIpc) is 2.59. The summed E-state index contributed by atoms with van der Waals surface area (Å²) in [6, 6.07) is 16.9.